The molecule has 46 heavy (non-hydrogen) atoms. The highest BCUT2D eigenvalue weighted by Crippen LogP contribution is 2.38. The molecule has 14 heteroatoms. The standard InChI is InChI=1S/C32H41N5O9/c1-18(35(3)17-26-19(2)45-31(42)46-26)27(38)34-23-16-36(30(41)32(43)12-13-32)14-10-20-8-9-24(37(20)29(23)40)28(39)33-22-11-15-44-25-7-5-4-6-21(22)25/h4-7,18,20,22-24,43H,8-17H2,1-3H3,(H,33,39)(H,34,38)/t18-,20+,22+,23-,24-/m0/s1. The van der Waals surface area contributed by atoms with E-state index in [-0.39, 0.29) is 43.4 Å². The molecule has 5 atom stereocenters. The van der Waals surface area contributed by atoms with E-state index in [1.54, 1.807) is 30.7 Å². The van der Waals surface area contributed by atoms with Gasteiger partial charge < -0.3 is 39.1 Å². The fourth-order valence-corrected chi connectivity index (χ4v) is 6.68. The number of aryl methyl sites for hydroxylation is 1. The number of para-hydroxylation sites is 1. The molecule has 3 aliphatic heterocycles. The Morgan fingerprint density at radius 2 is 1.83 bits per heavy atom. The summed E-state index contributed by atoms with van der Waals surface area (Å²) in [5.74, 6) is -1.18. The van der Waals surface area contributed by atoms with Crippen molar-refractivity contribution in [1.29, 1.82) is 0 Å². The van der Waals surface area contributed by atoms with Crippen molar-refractivity contribution in [3.05, 3.63) is 52.0 Å². The summed E-state index contributed by atoms with van der Waals surface area (Å²) in [5.41, 5.74) is -0.551. The lowest BCUT2D eigenvalue weighted by Crippen LogP contribution is -2.63. The molecule has 4 amide bonds. The minimum atomic E-state index is -1.44. The van der Waals surface area contributed by atoms with Gasteiger partial charge in [-0.2, -0.15) is 0 Å². The summed E-state index contributed by atoms with van der Waals surface area (Å²) in [6.07, 6.45) is 2.76. The van der Waals surface area contributed by atoms with Gasteiger partial charge in [0.15, 0.2) is 5.76 Å². The second-order valence-electron chi connectivity index (χ2n) is 12.9. The first-order chi connectivity index (χ1) is 21.9. The van der Waals surface area contributed by atoms with E-state index in [2.05, 4.69) is 10.6 Å². The van der Waals surface area contributed by atoms with Crippen molar-refractivity contribution in [2.45, 2.75) is 94.7 Å². The van der Waals surface area contributed by atoms with Crippen molar-refractivity contribution < 1.29 is 37.9 Å². The normalized spacial score (nSPS) is 25.9. The molecular formula is C32H41N5O9. The summed E-state index contributed by atoms with van der Waals surface area (Å²) in [4.78, 5) is 71.1. The number of benzene rings is 1. The Hall–Kier alpha value is -4.17. The number of carbonyl (C=O) groups is 4. The van der Waals surface area contributed by atoms with Gasteiger partial charge in [0, 0.05) is 24.6 Å². The fraction of sp³-hybridized carbons (Fsp3) is 0.594. The van der Waals surface area contributed by atoms with E-state index >= 15 is 0 Å². The zero-order chi connectivity index (χ0) is 32.7. The van der Waals surface area contributed by atoms with Crippen LogP contribution in [0.15, 0.2) is 37.9 Å². The number of rotatable bonds is 8. The quantitative estimate of drug-likeness (QED) is 0.371. The van der Waals surface area contributed by atoms with Crippen molar-refractivity contribution in [2.24, 2.45) is 0 Å². The van der Waals surface area contributed by atoms with Crippen LogP contribution in [0.1, 0.15) is 68.6 Å². The van der Waals surface area contributed by atoms with E-state index in [0.717, 1.165) is 11.3 Å². The van der Waals surface area contributed by atoms with Crippen LogP contribution in [0.5, 0.6) is 5.75 Å². The lowest BCUT2D eigenvalue weighted by Gasteiger charge is -2.40. The summed E-state index contributed by atoms with van der Waals surface area (Å²) in [5, 5.41) is 16.6. The SMILES string of the molecule is Cc1oc(=O)oc1CN(C)[C@@H](C)C(=O)N[C@H]1CN(C(=O)C2(O)CC2)CC[C@H]2CC[C@@H](C(=O)N[C@@H]3CCOc4ccccc43)N2C1=O. The van der Waals surface area contributed by atoms with Crippen LogP contribution in [0.2, 0.25) is 0 Å². The molecule has 1 aliphatic carbocycles. The Labute approximate surface area is 266 Å². The third-order valence-corrected chi connectivity index (χ3v) is 9.76. The maximum Gasteiger partial charge on any atom is 0.519 e. The van der Waals surface area contributed by atoms with E-state index in [9.17, 15) is 29.1 Å². The van der Waals surface area contributed by atoms with E-state index in [1.165, 1.54) is 4.90 Å². The van der Waals surface area contributed by atoms with E-state index in [0.29, 0.717) is 50.9 Å². The number of aliphatic hydroxyl groups is 1. The molecule has 1 aromatic heterocycles. The molecule has 0 radical (unpaired) electrons. The topological polar surface area (TPSA) is 175 Å². The number of nitrogens with zero attached hydrogens (tertiary/aromatic N) is 3. The summed E-state index contributed by atoms with van der Waals surface area (Å²) < 4.78 is 15.7. The van der Waals surface area contributed by atoms with Gasteiger partial charge in [-0.15, -0.1) is 0 Å². The van der Waals surface area contributed by atoms with Gasteiger partial charge in [0.1, 0.15) is 29.2 Å². The van der Waals surface area contributed by atoms with Crippen LogP contribution in [-0.2, 0) is 25.7 Å². The summed E-state index contributed by atoms with van der Waals surface area (Å²) in [6.45, 7) is 3.94. The first kappa shape index (κ1) is 31.8. The number of hydrogen-bond acceptors (Lipinski definition) is 10. The number of amides is 4. The number of carbonyl (C=O) groups excluding carboxylic acids is 4. The molecule has 0 bridgehead atoms. The van der Waals surface area contributed by atoms with Crippen molar-refractivity contribution in [2.75, 3.05) is 26.7 Å². The van der Waals surface area contributed by atoms with Gasteiger partial charge >= 0.3 is 5.82 Å². The van der Waals surface area contributed by atoms with Crippen molar-refractivity contribution >= 4 is 23.6 Å². The third-order valence-electron chi connectivity index (χ3n) is 9.76. The Morgan fingerprint density at radius 1 is 1.07 bits per heavy atom. The first-order valence-electron chi connectivity index (χ1n) is 15.9. The molecule has 14 nitrogen and oxygen atoms in total. The number of nitrogens with one attached hydrogen (secondary N) is 2. The minimum absolute atomic E-state index is 0.105. The van der Waals surface area contributed by atoms with Crippen molar-refractivity contribution in [1.82, 2.24) is 25.3 Å². The zero-order valence-corrected chi connectivity index (χ0v) is 26.3. The molecule has 1 saturated carbocycles. The summed E-state index contributed by atoms with van der Waals surface area (Å²) in [7, 11) is 1.67. The van der Waals surface area contributed by atoms with Gasteiger partial charge in [0.25, 0.3) is 5.91 Å². The second-order valence-corrected chi connectivity index (χ2v) is 12.9. The van der Waals surface area contributed by atoms with Crippen LogP contribution in [0, 0.1) is 6.92 Å². The molecule has 0 unspecified atom stereocenters. The highest BCUT2D eigenvalue weighted by molar-refractivity contribution is 5.95. The second kappa shape index (κ2) is 12.6. The predicted molar refractivity (Wildman–Crippen MR) is 161 cm³/mol. The van der Waals surface area contributed by atoms with Crippen LogP contribution in [0.3, 0.4) is 0 Å². The smallest absolute Gasteiger partial charge is 0.493 e. The van der Waals surface area contributed by atoms with Crippen LogP contribution in [0.25, 0.3) is 0 Å². The van der Waals surface area contributed by atoms with E-state index in [1.807, 2.05) is 24.3 Å². The van der Waals surface area contributed by atoms with Crippen LogP contribution < -0.4 is 21.2 Å². The lowest BCUT2D eigenvalue weighted by molar-refractivity contribution is -0.150. The maximum absolute atomic E-state index is 14.3. The average Bonchev–Trinajstić information content (AvgIpc) is 3.51. The Morgan fingerprint density at radius 3 is 2.54 bits per heavy atom. The highest BCUT2D eigenvalue weighted by Gasteiger charge is 2.52. The Kier molecular flexibility index (Phi) is 8.68. The van der Waals surface area contributed by atoms with Crippen molar-refractivity contribution in [3.8, 4) is 5.75 Å². The lowest BCUT2D eigenvalue weighted by atomic mass is 10.00. The van der Waals surface area contributed by atoms with Gasteiger partial charge in [0.2, 0.25) is 17.7 Å². The molecule has 0 spiro atoms. The molecule has 6 rings (SSSR count). The monoisotopic (exact) mass is 639 g/mol. The van der Waals surface area contributed by atoms with Gasteiger partial charge in [-0.25, -0.2) is 4.79 Å². The van der Waals surface area contributed by atoms with Gasteiger partial charge in [-0.3, -0.25) is 24.1 Å². The first-order valence-corrected chi connectivity index (χ1v) is 15.9. The molecule has 2 saturated heterocycles. The third kappa shape index (κ3) is 6.27. The van der Waals surface area contributed by atoms with Gasteiger partial charge in [0.05, 0.1) is 31.8 Å². The molecule has 4 aliphatic rings. The zero-order valence-electron chi connectivity index (χ0n) is 26.3. The molecule has 2 aromatic rings. The summed E-state index contributed by atoms with van der Waals surface area (Å²) >= 11 is 0. The number of fused-ring (bicyclic) bond motifs is 2. The molecular weight excluding hydrogens is 598 g/mol. The highest BCUT2D eigenvalue weighted by atomic mass is 16.6. The largest absolute Gasteiger partial charge is 0.519 e. The molecule has 1 aromatic carbocycles. The summed E-state index contributed by atoms with van der Waals surface area (Å²) in [6, 6.07) is 4.32. The average molecular weight is 640 g/mol. The Balaban J connectivity index is 1.20. The number of ether oxygens (including phenoxy) is 1. The molecule has 3 fully saturated rings. The predicted octanol–water partition coefficient (Wildman–Crippen LogP) is 0.603. The number of hydrogen-bond donors (Lipinski definition) is 3. The van der Waals surface area contributed by atoms with Crippen molar-refractivity contribution in [3.63, 3.8) is 0 Å². The van der Waals surface area contributed by atoms with Crippen LogP contribution in [-0.4, -0.2) is 99.9 Å². The molecule has 4 heterocycles. The van der Waals surface area contributed by atoms with Gasteiger partial charge in [-0.1, -0.05) is 18.2 Å². The molecule has 248 valence electrons. The van der Waals surface area contributed by atoms with Crippen LogP contribution >= 0.6 is 0 Å². The van der Waals surface area contributed by atoms with Crippen LogP contribution in [0.4, 0.5) is 0 Å². The van der Waals surface area contributed by atoms with E-state index in [4.69, 9.17) is 13.6 Å². The van der Waals surface area contributed by atoms with E-state index < -0.39 is 47.3 Å². The number of likely N-dealkylation sites (N-methyl/N-ethyl adjacent to an activating group) is 1. The maximum atomic E-state index is 14.3. The Bertz CT molecular complexity index is 1560. The van der Waals surface area contributed by atoms with Gasteiger partial charge in [-0.05, 0) is 59.1 Å². The molecule has 3 N–H and O–H groups in total. The minimum Gasteiger partial charge on any atom is -0.493 e. The fourth-order valence-electron chi connectivity index (χ4n) is 6.68.